The van der Waals surface area contributed by atoms with Crippen LogP contribution in [0.1, 0.15) is 30.0 Å². The van der Waals surface area contributed by atoms with E-state index in [1.807, 2.05) is 56.3 Å². The van der Waals surface area contributed by atoms with Gasteiger partial charge in [0.1, 0.15) is 5.76 Å². The molecule has 1 heterocycles. The van der Waals surface area contributed by atoms with Crippen molar-refractivity contribution in [1.82, 2.24) is 0 Å². The predicted octanol–water partition coefficient (Wildman–Crippen LogP) is 4.49. The number of furan rings is 1. The molecule has 3 rings (SSSR count). The SMILES string of the molecule is CC(C)N(C(=O)COC(=O)c1ccccc1NCc1ccco1)c1ccccc1. The minimum Gasteiger partial charge on any atom is -0.467 e. The fraction of sp³-hybridized carbons (Fsp3) is 0.217. The molecule has 0 saturated heterocycles. The fourth-order valence-corrected chi connectivity index (χ4v) is 3.00. The van der Waals surface area contributed by atoms with E-state index in [1.54, 1.807) is 35.4 Å². The molecule has 0 atom stereocenters. The van der Waals surface area contributed by atoms with Crippen LogP contribution < -0.4 is 10.2 Å². The summed E-state index contributed by atoms with van der Waals surface area (Å²) in [5.74, 6) is -0.0861. The van der Waals surface area contributed by atoms with Gasteiger partial charge in [0.15, 0.2) is 6.61 Å². The maximum Gasteiger partial charge on any atom is 0.340 e. The first kappa shape index (κ1) is 20.2. The molecule has 0 aliphatic carbocycles. The molecule has 1 N–H and O–H groups in total. The van der Waals surface area contributed by atoms with E-state index in [9.17, 15) is 9.59 Å². The van der Waals surface area contributed by atoms with E-state index in [2.05, 4.69) is 5.32 Å². The first-order valence-corrected chi connectivity index (χ1v) is 9.46. The van der Waals surface area contributed by atoms with Gasteiger partial charge in [0.25, 0.3) is 5.91 Å². The Labute approximate surface area is 170 Å². The van der Waals surface area contributed by atoms with Crippen molar-refractivity contribution < 1.29 is 18.7 Å². The Morgan fingerprint density at radius 1 is 1.00 bits per heavy atom. The highest BCUT2D eigenvalue weighted by atomic mass is 16.5. The lowest BCUT2D eigenvalue weighted by Gasteiger charge is -2.26. The second kappa shape index (κ2) is 9.59. The average molecular weight is 392 g/mol. The van der Waals surface area contributed by atoms with E-state index in [0.717, 1.165) is 11.4 Å². The zero-order valence-electron chi connectivity index (χ0n) is 16.5. The lowest BCUT2D eigenvalue weighted by atomic mass is 10.1. The van der Waals surface area contributed by atoms with E-state index in [1.165, 1.54) is 0 Å². The molecular weight excluding hydrogens is 368 g/mol. The van der Waals surface area contributed by atoms with Gasteiger partial charge in [-0.1, -0.05) is 30.3 Å². The van der Waals surface area contributed by atoms with Crippen molar-refractivity contribution in [2.24, 2.45) is 0 Å². The minimum absolute atomic E-state index is 0.0640. The van der Waals surface area contributed by atoms with Crippen LogP contribution in [0.5, 0.6) is 0 Å². The van der Waals surface area contributed by atoms with Gasteiger partial charge in [-0.2, -0.15) is 0 Å². The molecule has 29 heavy (non-hydrogen) atoms. The highest BCUT2D eigenvalue weighted by Gasteiger charge is 2.21. The van der Waals surface area contributed by atoms with Crippen LogP contribution >= 0.6 is 0 Å². The quantitative estimate of drug-likeness (QED) is 0.572. The Kier molecular flexibility index (Phi) is 6.68. The van der Waals surface area contributed by atoms with Crippen molar-refractivity contribution in [2.45, 2.75) is 26.4 Å². The molecule has 0 fully saturated rings. The average Bonchev–Trinajstić information content (AvgIpc) is 3.25. The Morgan fingerprint density at radius 3 is 2.41 bits per heavy atom. The Balaban J connectivity index is 1.65. The number of nitrogens with one attached hydrogen (secondary N) is 1. The van der Waals surface area contributed by atoms with E-state index >= 15 is 0 Å². The van der Waals surface area contributed by atoms with E-state index in [-0.39, 0.29) is 18.6 Å². The lowest BCUT2D eigenvalue weighted by Crippen LogP contribution is -2.39. The van der Waals surface area contributed by atoms with Gasteiger partial charge >= 0.3 is 5.97 Å². The molecule has 150 valence electrons. The van der Waals surface area contributed by atoms with Crippen LogP contribution in [-0.4, -0.2) is 24.5 Å². The molecule has 0 saturated carbocycles. The van der Waals surface area contributed by atoms with Crippen molar-refractivity contribution >= 4 is 23.3 Å². The number of hydrogen-bond donors (Lipinski definition) is 1. The van der Waals surface area contributed by atoms with Gasteiger partial charge in [0.2, 0.25) is 0 Å². The molecule has 0 aliphatic rings. The number of rotatable bonds is 8. The number of hydrogen-bond acceptors (Lipinski definition) is 5. The molecular formula is C23H24N2O4. The highest BCUT2D eigenvalue weighted by Crippen LogP contribution is 2.19. The minimum atomic E-state index is -0.558. The zero-order valence-corrected chi connectivity index (χ0v) is 16.5. The van der Waals surface area contributed by atoms with Gasteiger partial charge in [-0.25, -0.2) is 4.79 Å². The summed E-state index contributed by atoms with van der Waals surface area (Å²) in [5, 5.41) is 3.16. The number of carbonyl (C=O) groups excluding carboxylic acids is 2. The van der Waals surface area contributed by atoms with Crippen molar-refractivity contribution in [3.8, 4) is 0 Å². The number of benzene rings is 2. The maximum absolute atomic E-state index is 12.7. The standard InChI is InChI=1S/C23H24N2O4/c1-17(2)25(18-9-4-3-5-10-18)22(26)16-29-23(27)20-12-6-7-13-21(20)24-15-19-11-8-14-28-19/h3-14,17,24H,15-16H2,1-2H3. The van der Waals surface area contributed by atoms with Gasteiger partial charge in [-0.15, -0.1) is 0 Å². The summed E-state index contributed by atoms with van der Waals surface area (Å²) < 4.78 is 10.6. The third-order valence-electron chi connectivity index (χ3n) is 4.33. The van der Waals surface area contributed by atoms with Crippen LogP contribution in [0, 0.1) is 0 Å². The molecule has 0 bridgehead atoms. The first-order valence-electron chi connectivity index (χ1n) is 9.46. The summed E-state index contributed by atoms with van der Waals surface area (Å²) in [5.41, 5.74) is 1.75. The second-order valence-corrected chi connectivity index (χ2v) is 6.75. The van der Waals surface area contributed by atoms with Crippen LogP contribution in [0.2, 0.25) is 0 Å². The van der Waals surface area contributed by atoms with Crippen LogP contribution in [0.3, 0.4) is 0 Å². The number of carbonyl (C=O) groups is 2. The highest BCUT2D eigenvalue weighted by molar-refractivity contribution is 5.99. The zero-order chi connectivity index (χ0) is 20.6. The largest absolute Gasteiger partial charge is 0.467 e. The number of anilines is 2. The van der Waals surface area contributed by atoms with Crippen LogP contribution in [0.4, 0.5) is 11.4 Å². The molecule has 0 spiro atoms. The Bertz CT molecular complexity index is 937. The van der Waals surface area contributed by atoms with Crippen molar-refractivity contribution in [3.63, 3.8) is 0 Å². The number of amides is 1. The van der Waals surface area contributed by atoms with Crippen LogP contribution in [0.15, 0.2) is 77.4 Å². The van der Waals surface area contributed by atoms with E-state index < -0.39 is 5.97 Å². The fourth-order valence-electron chi connectivity index (χ4n) is 3.00. The maximum atomic E-state index is 12.7. The van der Waals surface area contributed by atoms with Gasteiger partial charge < -0.3 is 19.4 Å². The smallest absolute Gasteiger partial charge is 0.340 e. The summed E-state index contributed by atoms with van der Waals surface area (Å²) >= 11 is 0. The third kappa shape index (κ3) is 5.25. The van der Waals surface area contributed by atoms with Gasteiger partial charge in [-0.3, -0.25) is 4.79 Å². The van der Waals surface area contributed by atoms with Crippen LogP contribution in [-0.2, 0) is 16.1 Å². The normalized spacial score (nSPS) is 10.6. The third-order valence-corrected chi connectivity index (χ3v) is 4.33. The first-order chi connectivity index (χ1) is 14.1. The predicted molar refractivity (Wildman–Crippen MR) is 112 cm³/mol. The molecule has 6 heteroatoms. The second-order valence-electron chi connectivity index (χ2n) is 6.75. The van der Waals surface area contributed by atoms with E-state index in [4.69, 9.17) is 9.15 Å². The molecule has 6 nitrogen and oxygen atoms in total. The molecule has 3 aromatic rings. The molecule has 2 aromatic carbocycles. The van der Waals surface area contributed by atoms with Gasteiger partial charge in [0, 0.05) is 17.4 Å². The molecule has 0 unspecified atom stereocenters. The lowest BCUT2D eigenvalue weighted by molar-refractivity contribution is -0.122. The number of ether oxygens (including phenoxy) is 1. The summed E-state index contributed by atoms with van der Waals surface area (Å²) in [6.45, 7) is 3.94. The summed E-state index contributed by atoms with van der Waals surface area (Å²) in [6.07, 6.45) is 1.59. The summed E-state index contributed by atoms with van der Waals surface area (Å²) in [6, 6.07) is 19.9. The Hall–Kier alpha value is -3.54. The van der Waals surface area contributed by atoms with Crippen molar-refractivity contribution in [3.05, 3.63) is 84.3 Å². The number of esters is 1. The summed E-state index contributed by atoms with van der Waals surface area (Å²) in [7, 11) is 0. The topological polar surface area (TPSA) is 71.8 Å². The summed E-state index contributed by atoms with van der Waals surface area (Å²) in [4.78, 5) is 26.9. The number of para-hydroxylation sites is 2. The molecule has 1 amide bonds. The molecule has 0 radical (unpaired) electrons. The molecule has 0 aliphatic heterocycles. The Morgan fingerprint density at radius 2 is 1.72 bits per heavy atom. The molecule has 1 aromatic heterocycles. The van der Waals surface area contributed by atoms with Gasteiger partial charge in [0.05, 0.1) is 18.4 Å². The van der Waals surface area contributed by atoms with Crippen molar-refractivity contribution in [1.29, 1.82) is 0 Å². The van der Waals surface area contributed by atoms with E-state index in [0.29, 0.717) is 17.8 Å². The monoisotopic (exact) mass is 392 g/mol. The van der Waals surface area contributed by atoms with Crippen LogP contribution in [0.25, 0.3) is 0 Å². The van der Waals surface area contributed by atoms with Gasteiger partial charge in [-0.05, 0) is 50.2 Å². The number of nitrogens with zero attached hydrogens (tertiary/aromatic N) is 1. The van der Waals surface area contributed by atoms with Crippen molar-refractivity contribution in [2.75, 3.05) is 16.8 Å².